The summed E-state index contributed by atoms with van der Waals surface area (Å²) in [6.45, 7) is 8.26. The molecule has 21 heavy (non-hydrogen) atoms. The average Bonchev–Trinajstić information content (AvgIpc) is 2.41. The van der Waals surface area contributed by atoms with Crippen LogP contribution in [0.25, 0.3) is 0 Å². The number of likely N-dealkylation sites (N-methyl/N-ethyl adjacent to an activating group) is 1. The molecule has 0 aliphatic rings. The quantitative estimate of drug-likeness (QED) is 0.410. The second kappa shape index (κ2) is 8.38. The minimum Gasteiger partial charge on any atom is -0.481 e. The van der Waals surface area contributed by atoms with E-state index in [1.807, 2.05) is 0 Å². The number of hydrogen-bond donors (Lipinski definition) is 2. The first-order chi connectivity index (χ1) is 9.65. The maximum Gasteiger partial charge on any atom is 0.311 e. The van der Waals surface area contributed by atoms with Gasteiger partial charge in [-0.15, -0.1) is 0 Å². The van der Waals surface area contributed by atoms with E-state index in [0.29, 0.717) is 0 Å². The number of carboxylic acid groups (broad SMARTS) is 1. The molecule has 0 saturated carbocycles. The van der Waals surface area contributed by atoms with Crippen LogP contribution in [0.5, 0.6) is 0 Å². The molecule has 0 aliphatic heterocycles. The van der Waals surface area contributed by atoms with Crippen LogP contribution >= 0.6 is 0 Å². The molecule has 0 radical (unpaired) electrons. The van der Waals surface area contributed by atoms with Crippen molar-refractivity contribution in [3.8, 4) is 0 Å². The molecule has 0 aromatic heterocycles. The lowest BCUT2D eigenvalue weighted by Gasteiger charge is -2.25. The number of ether oxygens (including phenoxy) is 1. The summed E-state index contributed by atoms with van der Waals surface area (Å²) < 4.78 is 4.99. The fourth-order valence-electron chi connectivity index (χ4n) is 1.08. The zero-order chi connectivity index (χ0) is 16.6. The molecule has 0 saturated heterocycles. The summed E-state index contributed by atoms with van der Waals surface area (Å²) in [7, 11) is 3.06. The van der Waals surface area contributed by atoms with Crippen molar-refractivity contribution in [3.63, 3.8) is 0 Å². The Morgan fingerprint density at radius 2 is 2.14 bits per heavy atom. The summed E-state index contributed by atoms with van der Waals surface area (Å²) in [6.07, 6.45) is 0.848. The average molecular weight is 300 g/mol. The number of methoxy groups -OCH3 is 1. The summed E-state index contributed by atoms with van der Waals surface area (Å²) >= 11 is 0. The van der Waals surface area contributed by atoms with E-state index in [1.165, 1.54) is 18.4 Å². The van der Waals surface area contributed by atoms with Crippen molar-refractivity contribution in [3.05, 3.63) is 12.8 Å². The fraction of sp³-hybridized carbons (Fsp3) is 0.615. The van der Waals surface area contributed by atoms with Gasteiger partial charge in [0.25, 0.3) is 0 Å². The van der Waals surface area contributed by atoms with Crippen molar-refractivity contribution in [2.24, 2.45) is 21.1 Å². The maximum atomic E-state index is 11.0. The van der Waals surface area contributed by atoms with Crippen LogP contribution in [-0.4, -0.2) is 54.8 Å². The maximum absolute atomic E-state index is 11.0. The monoisotopic (exact) mass is 300 g/mol. The minimum absolute atomic E-state index is 0.0535. The van der Waals surface area contributed by atoms with Crippen molar-refractivity contribution in [2.45, 2.75) is 27.0 Å². The van der Waals surface area contributed by atoms with E-state index in [0.717, 1.165) is 0 Å². The van der Waals surface area contributed by atoms with Crippen molar-refractivity contribution < 1.29 is 19.5 Å². The van der Waals surface area contributed by atoms with Gasteiger partial charge >= 0.3 is 5.97 Å². The Hall–Kier alpha value is -1.93. The molecular formula is C13H24N4O4. The van der Waals surface area contributed by atoms with Crippen LogP contribution < -0.4 is 5.73 Å². The summed E-state index contributed by atoms with van der Waals surface area (Å²) in [6, 6.07) is 0. The number of nitrogens with zero attached hydrogens (tertiary/aromatic N) is 3. The van der Waals surface area contributed by atoms with Gasteiger partial charge < -0.3 is 15.6 Å². The van der Waals surface area contributed by atoms with Gasteiger partial charge in [0, 0.05) is 20.4 Å². The summed E-state index contributed by atoms with van der Waals surface area (Å²) in [5, 5.41) is 10.3. The highest BCUT2D eigenvalue weighted by Crippen LogP contribution is 2.16. The zero-order valence-corrected chi connectivity index (χ0v) is 13.2. The fourth-order valence-corrected chi connectivity index (χ4v) is 1.08. The van der Waals surface area contributed by atoms with Crippen LogP contribution in [0.1, 0.15) is 20.8 Å². The zero-order valence-electron chi connectivity index (χ0n) is 13.2. The van der Waals surface area contributed by atoms with Gasteiger partial charge in [0.1, 0.15) is 6.23 Å². The van der Waals surface area contributed by atoms with Gasteiger partial charge in [-0.25, -0.2) is 15.0 Å². The lowest BCUT2D eigenvalue weighted by molar-refractivity contribution is -0.161. The summed E-state index contributed by atoms with van der Waals surface area (Å²) in [4.78, 5) is 24.5. The number of aliphatic imine (C=N–C) groups is 2. The highest BCUT2D eigenvalue weighted by Gasteiger charge is 2.29. The van der Waals surface area contributed by atoms with Crippen molar-refractivity contribution in [1.82, 2.24) is 5.06 Å². The van der Waals surface area contributed by atoms with Crippen LogP contribution in [0, 0.1) is 5.41 Å². The van der Waals surface area contributed by atoms with Gasteiger partial charge in [0.15, 0.2) is 11.7 Å². The largest absolute Gasteiger partial charge is 0.481 e. The highest BCUT2D eigenvalue weighted by atomic mass is 16.7. The molecule has 8 heteroatoms. The van der Waals surface area contributed by atoms with E-state index in [1.54, 1.807) is 27.8 Å². The Balaban J connectivity index is 4.99. The third-order valence-corrected chi connectivity index (χ3v) is 2.60. The normalized spacial score (nSPS) is 14.7. The third kappa shape index (κ3) is 6.37. The van der Waals surface area contributed by atoms with Crippen LogP contribution in [0.3, 0.4) is 0 Å². The molecule has 120 valence electrons. The third-order valence-electron chi connectivity index (χ3n) is 2.60. The predicted octanol–water partition coefficient (Wildman–Crippen LogP) is 0.852. The van der Waals surface area contributed by atoms with Crippen molar-refractivity contribution in [1.29, 1.82) is 0 Å². The number of rotatable bonds is 7. The Kier molecular flexibility index (Phi) is 7.61. The first-order valence-corrected chi connectivity index (χ1v) is 6.31. The molecule has 0 fully saturated rings. The molecule has 3 N–H and O–H groups in total. The number of aliphatic carboxylic acids is 1. The SMILES string of the molecule is C=C/N=C(/C(N)=N/C(C)OC)N(C)OCC(C)(C)C(=O)O. The molecule has 0 bridgehead atoms. The summed E-state index contributed by atoms with van der Waals surface area (Å²) in [5.41, 5.74) is 4.79. The molecule has 8 nitrogen and oxygen atoms in total. The highest BCUT2D eigenvalue weighted by molar-refractivity contribution is 6.39. The van der Waals surface area contributed by atoms with Crippen LogP contribution in [0.2, 0.25) is 0 Å². The number of carbonyl (C=O) groups is 1. The smallest absolute Gasteiger partial charge is 0.311 e. The van der Waals surface area contributed by atoms with Crippen LogP contribution in [0.15, 0.2) is 22.8 Å². The molecule has 1 unspecified atom stereocenters. The van der Waals surface area contributed by atoms with Gasteiger partial charge in [-0.1, -0.05) is 6.58 Å². The van der Waals surface area contributed by atoms with Crippen molar-refractivity contribution >= 4 is 17.6 Å². The van der Waals surface area contributed by atoms with Crippen LogP contribution in [0.4, 0.5) is 0 Å². The number of nitrogens with two attached hydrogens (primary N) is 1. The van der Waals surface area contributed by atoms with E-state index >= 15 is 0 Å². The Morgan fingerprint density at radius 1 is 1.57 bits per heavy atom. The Bertz CT molecular complexity index is 432. The second-order valence-corrected chi connectivity index (χ2v) is 4.94. The van der Waals surface area contributed by atoms with Crippen molar-refractivity contribution in [2.75, 3.05) is 20.8 Å². The lowest BCUT2D eigenvalue weighted by atomic mass is 9.96. The van der Waals surface area contributed by atoms with E-state index in [9.17, 15) is 4.79 Å². The van der Waals surface area contributed by atoms with Gasteiger partial charge in [-0.3, -0.25) is 9.63 Å². The number of amidine groups is 2. The van der Waals surface area contributed by atoms with E-state index in [4.69, 9.17) is 20.4 Å². The van der Waals surface area contributed by atoms with Gasteiger partial charge in [-0.05, 0) is 20.8 Å². The standard InChI is InChI=1S/C13H24N4O4/c1-7-15-11(10(14)16-9(2)20-6)17(5)21-8-13(3,4)12(18)19/h7,9H,1,8H2,2-6H3,(H2,14,16)(H,18,19)/b15-11-. The van der Waals surface area contributed by atoms with Gasteiger partial charge in [0.05, 0.1) is 12.0 Å². The molecule has 0 heterocycles. The molecular weight excluding hydrogens is 276 g/mol. The summed E-state index contributed by atoms with van der Waals surface area (Å²) in [5.74, 6) is -0.650. The second-order valence-electron chi connectivity index (χ2n) is 4.94. The number of hydrogen-bond acceptors (Lipinski definition) is 5. The van der Waals surface area contributed by atoms with Crippen LogP contribution in [-0.2, 0) is 14.4 Å². The van der Waals surface area contributed by atoms with E-state index in [-0.39, 0.29) is 18.3 Å². The topological polar surface area (TPSA) is 110 Å². The van der Waals surface area contributed by atoms with Gasteiger partial charge in [-0.2, -0.15) is 0 Å². The Labute approximate surface area is 124 Å². The Morgan fingerprint density at radius 3 is 2.57 bits per heavy atom. The lowest BCUT2D eigenvalue weighted by Crippen LogP contribution is -2.41. The van der Waals surface area contributed by atoms with Gasteiger partial charge in [0.2, 0.25) is 0 Å². The first kappa shape index (κ1) is 19.1. The molecule has 0 aliphatic carbocycles. The molecule has 0 amide bonds. The number of hydroxylamine groups is 2. The predicted molar refractivity (Wildman–Crippen MR) is 80.9 cm³/mol. The molecule has 0 aromatic carbocycles. The van der Waals surface area contributed by atoms with E-state index in [2.05, 4.69) is 16.6 Å². The molecule has 1 atom stereocenters. The first-order valence-electron chi connectivity index (χ1n) is 6.31. The molecule has 0 aromatic rings. The molecule has 0 rings (SSSR count). The van der Waals surface area contributed by atoms with E-state index < -0.39 is 17.6 Å². The molecule has 0 spiro atoms. The minimum atomic E-state index is -1.04. The number of carboxylic acids is 1.